The van der Waals surface area contributed by atoms with Gasteiger partial charge in [0.05, 0.1) is 26.1 Å². The molecule has 0 atom stereocenters. The first-order valence-corrected chi connectivity index (χ1v) is 4.06. The van der Waals surface area contributed by atoms with Crippen LogP contribution in [0.15, 0.2) is 11.8 Å². The number of carbonyl (C=O) groups excluding carboxylic acids is 1. The Labute approximate surface area is 73.4 Å². The van der Waals surface area contributed by atoms with E-state index in [1.54, 1.807) is 0 Å². The van der Waals surface area contributed by atoms with E-state index >= 15 is 0 Å². The Bertz CT molecular complexity index is 161. The number of methoxy groups -OCH3 is 2. The van der Waals surface area contributed by atoms with E-state index in [9.17, 15) is 4.79 Å². The van der Waals surface area contributed by atoms with Crippen LogP contribution in [0.4, 0.5) is 0 Å². The quantitative estimate of drug-likeness (QED) is 0.361. The van der Waals surface area contributed by atoms with Crippen LogP contribution in [0.2, 0.25) is 0 Å². The molecule has 0 N–H and O–H groups in total. The number of esters is 1. The zero-order valence-corrected chi connectivity index (χ0v) is 7.92. The van der Waals surface area contributed by atoms with Crippen molar-refractivity contribution in [2.24, 2.45) is 0 Å². The molecule has 0 radical (unpaired) electrons. The maximum absolute atomic E-state index is 11.0. The van der Waals surface area contributed by atoms with Crippen LogP contribution >= 0.6 is 0 Å². The van der Waals surface area contributed by atoms with Gasteiger partial charge in [-0.15, -0.1) is 0 Å². The predicted octanol–water partition coefficient (Wildman–Crippen LogP) is 1.88. The number of unbranched alkanes of at least 4 members (excludes halogenated alkanes) is 1. The predicted molar refractivity (Wildman–Crippen MR) is 46.6 cm³/mol. The first-order valence-electron chi connectivity index (χ1n) is 4.06. The minimum absolute atomic E-state index is 0.301. The van der Waals surface area contributed by atoms with Crippen molar-refractivity contribution in [1.29, 1.82) is 0 Å². The molecule has 0 aliphatic rings. The Morgan fingerprint density at radius 1 is 1.42 bits per heavy atom. The first kappa shape index (κ1) is 11.0. The summed E-state index contributed by atoms with van der Waals surface area (Å²) >= 11 is 0. The van der Waals surface area contributed by atoms with Gasteiger partial charge in [0.15, 0.2) is 0 Å². The number of carbonyl (C=O) groups is 1. The number of rotatable bonds is 5. The van der Waals surface area contributed by atoms with Crippen LogP contribution in [0.3, 0.4) is 0 Å². The van der Waals surface area contributed by atoms with Crippen molar-refractivity contribution in [2.45, 2.75) is 26.2 Å². The molecule has 3 nitrogen and oxygen atoms in total. The number of ether oxygens (including phenoxy) is 2. The minimum atomic E-state index is -0.301. The molecule has 12 heavy (non-hydrogen) atoms. The lowest BCUT2D eigenvalue weighted by atomic mass is 10.1. The SMILES string of the molecule is CCCCC(=COC)C(=O)OC. The molecule has 0 amide bonds. The summed E-state index contributed by atoms with van der Waals surface area (Å²) in [6.45, 7) is 2.07. The molecule has 0 saturated heterocycles. The van der Waals surface area contributed by atoms with E-state index in [4.69, 9.17) is 4.74 Å². The topological polar surface area (TPSA) is 35.5 Å². The third kappa shape index (κ3) is 4.01. The third-order valence-corrected chi connectivity index (χ3v) is 1.51. The highest BCUT2D eigenvalue weighted by Gasteiger charge is 2.08. The molecule has 0 aromatic carbocycles. The van der Waals surface area contributed by atoms with Crippen LogP contribution in [0.5, 0.6) is 0 Å². The van der Waals surface area contributed by atoms with Crippen LogP contribution in [-0.4, -0.2) is 20.2 Å². The summed E-state index contributed by atoms with van der Waals surface area (Å²) in [5.74, 6) is -0.301. The fourth-order valence-corrected chi connectivity index (χ4v) is 0.850. The van der Waals surface area contributed by atoms with Crippen molar-refractivity contribution < 1.29 is 14.3 Å². The van der Waals surface area contributed by atoms with Gasteiger partial charge in [-0.2, -0.15) is 0 Å². The van der Waals surface area contributed by atoms with Crippen LogP contribution in [0.25, 0.3) is 0 Å². The van der Waals surface area contributed by atoms with E-state index in [1.807, 2.05) is 0 Å². The van der Waals surface area contributed by atoms with Gasteiger partial charge in [0, 0.05) is 0 Å². The van der Waals surface area contributed by atoms with Gasteiger partial charge in [0.25, 0.3) is 0 Å². The van der Waals surface area contributed by atoms with Crippen LogP contribution in [0, 0.1) is 0 Å². The fourth-order valence-electron chi connectivity index (χ4n) is 0.850. The van der Waals surface area contributed by atoms with Gasteiger partial charge >= 0.3 is 5.97 Å². The maximum Gasteiger partial charge on any atom is 0.336 e. The second kappa shape index (κ2) is 6.70. The summed E-state index contributed by atoms with van der Waals surface area (Å²) < 4.78 is 9.34. The summed E-state index contributed by atoms with van der Waals surface area (Å²) in [4.78, 5) is 11.0. The smallest absolute Gasteiger partial charge is 0.336 e. The molecule has 0 unspecified atom stereocenters. The largest absolute Gasteiger partial charge is 0.504 e. The Hall–Kier alpha value is -0.990. The Morgan fingerprint density at radius 2 is 2.08 bits per heavy atom. The van der Waals surface area contributed by atoms with E-state index in [0.717, 1.165) is 19.3 Å². The molecule has 0 rings (SSSR count). The number of hydrogen-bond donors (Lipinski definition) is 0. The fraction of sp³-hybridized carbons (Fsp3) is 0.667. The Kier molecular flexibility index (Phi) is 6.15. The van der Waals surface area contributed by atoms with Gasteiger partial charge < -0.3 is 9.47 Å². The highest BCUT2D eigenvalue weighted by atomic mass is 16.5. The van der Waals surface area contributed by atoms with Gasteiger partial charge in [-0.25, -0.2) is 4.79 Å². The molecular weight excluding hydrogens is 156 g/mol. The molecule has 0 heterocycles. The van der Waals surface area contributed by atoms with Crippen LogP contribution < -0.4 is 0 Å². The van der Waals surface area contributed by atoms with Crippen molar-refractivity contribution in [2.75, 3.05) is 14.2 Å². The third-order valence-electron chi connectivity index (χ3n) is 1.51. The number of hydrogen-bond acceptors (Lipinski definition) is 3. The first-order chi connectivity index (χ1) is 5.76. The maximum atomic E-state index is 11.0. The van der Waals surface area contributed by atoms with Crippen molar-refractivity contribution in [1.82, 2.24) is 0 Å². The van der Waals surface area contributed by atoms with E-state index in [0.29, 0.717) is 5.57 Å². The van der Waals surface area contributed by atoms with Gasteiger partial charge in [-0.05, 0) is 12.8 Å². The van der Waals surface area contributed by atoms with Crippen LogP contribution in [-0.2, 0) is 14.3 Å². The van der Waals surface area contributed by atoms with Gasteiger partial charge in [0.2, 0.25) is 0 Å². The van der Waals surface area contributed by atoms with E-state index in [1.165, 1.54) is 20.5 Å². The van der Waals surface area contributed by atoms with E-state index in [2.05, 4.69) is 11.7 Å². The standard InChI is InChI=1S/C9H16O3/c1-4-5-6-8(7-11-2)9(10)12-3/h7H,4-6H2,1-3H3. The molecule has 0 spiro atoms. The zero-order chi connectivity index (χ0) is 9.40. The monoisotopic (exact) mass is 172 g/mol. The van der Waals surface area contributed by atoms with Crippen molar-refractivity contribution in [3.8, 4) is 0 Å². The lowest BCUT2D eigenvalue weighted by Gasteiger charge is -2.03. The summed E-state index contributed by atoms with van der Waals surface area (Å²) in [5.41, 5.74) is 0.599. The van der Waals surface area contributed by atoms with Crippen molar-refractivity contribution in [3.63, 3.8) is 0 Å². The summed E-state index contributed by atoms with van der Waals surface area (Å²) in [6.07, 6.45) is 4.20. The Balaban J connectivity index is 4.04. The zero-order valence-electron chi connectivity index (χ0n) is 7.92. The molecule has 0 aromatic rings. The minimum Gasteiger partial charge on any atom is -0.504 e. The van der Waals surface area contributed by atoms with Crippen molar-refractivity contribution in [3.05, 3.63) is 11.8 Å². The molecule has 0 fully saturated rings. The molecule has 70 valence electrons. The highest BCUT2D eigenvalue weighted by molar-refractivity contribution is 5.87. The van der Waals surface area contributed by atoms with Crippen LogP contribution in [0.1, 0.15) is 26.2 Å². The molecule has 0 bridgehead atoms. The average Bonchev–Trinajstić information content (AvgIpc) is 2.11. The average molecular weight is 172 g/mol. The Morgan fingerprint density at radius 3 is 2.50 bits per heavy atom. The van der Waals surface area contributed by atoms with E-state index < -0.39 is 0 Å². The molecule has 0 saturated carbocycles. The molecule has 0 aliphatic carbocycles. The molecule has 0 aromatic heterocycles. The summed E-state index contributed by atoms with van der Waals surface area (Å²) in [7, 11) is 2.90. The summed E-state index contributed by atoms with van der Waals surface area (Å²) in [5, 5.41) is 0. The molecule has 0 aliphatic heterocycles. The normalized spacial score (nSPS) is 11.1. The highest BCUT2D eigenvalue weighted by Crippen LogP contribution is 2.08. The van der Waals surface area contributed by atoms with Gasteiger partial charge in [-0.3, -0.25) is 0 Å². The molecular formula is C9H16O3. The lowest BCUT2D eigenvalue weighted by molar-refractivity contribution is -0.136. The van der Waals surface area contributed by atoms with Crippen molar-refractivity contribution >= 4 is 5.97 Å². The van der Waals surface area contributed by atoms with Gasteiger partial charge in [-0.1, -0.05) is 13.3 Å². The van der Waals surface area contributed by atoms with E-state index in [-0.39, 0.29) is 5.97 Å². The van der Waals surface area contributed by atoms with Gasteiger partial charge in [0.1, 0.15) is 0 Å². The lowest BCUT2D eigenvalue weighted by Crippen LogP contribution is -2.05. The second-order valence-corrected chi connectivity index (χ2v) is 2.47. The molecule has 3 heteroatoms. The summed E-state index contributed by atoms with van der Waals surface area (Å²) in [6, 6.07) is 0. The second-order valence-electron chi connectivity index (χ2n) is 2.47.